The number of aromatic nitrogens is 1. The number of aryl methyl sites for hydroxylation is 3. The molecular weight excluding hydrogens is 485 g/mol. The zero-order valence-corrected chi connectivity index (χ0v) is 22.0. The van der Waals surface area contributed by atoms with Crippen LogP contribution in [-0.2, 0) is 13.6 Å². The van der Waals surface area contributed by atoms with Gasteiger partial charge in [0.15, 0.2) is 0 Å². The van der Waals surface area contributed by atoms with E-state index in [1.807, 2.05) is 38.1 Å². The number of methoxy groups -OCH3 is 1. The molecule has 1 amide bonds. The third kappa shape index (κ3) is 5.86. The largest absolute Gasteiger partial charge is 0.497 e. The Hall–Kier alpha value is -4.59. The Kier molecular flexibility index (Phi) is 7.81. The highest BCUT2D eigenvalue weighted by Crippen LogP contribution is 2.33. The number of nitrogens with zero attached hydrogens (tertiary/aromatic N) is 1. The minimum atomic E-state index is -0.511. The van der Waals surface area contributed by atoms with Gasteiger partial charge in [-0.05, 0) is 67.8 Å². The zero-order valence-electron chi connectivity index (χ0n) is 22.0. The number of pyridine rings is 1. The highest BCUT2D eigenvalue weighted by atomic mass is 19.1. The lowest BCUT2D eigenvalue weighted by Gasteiger charge is -2.20. The molecule has 7 nitrogen and oxygen atoms in total. The van der Waals surface area contributed by atoms with Gasteiger partial charge >= 0.3 is 0 Å². The summed E-state index contributed by atoms with van der Waals surface area (Å²) in [6, 6.07) is 18.8. The number of ether oxygens (including phenoxy) is 2. The van der Waals surface area contributed by atoms with Gasteiger partial charge in [0.25, 0.3) is 11.5 Å². The number of nitrogens with one attached hydrogen (secondary N) is 2. The number of carbonyl (C=O) groups excluding carboxylic acids is 1. The van der Waals surface area contributed by atoms with Crippen molar-refractivity contribution in [3.63, 3.8) is 0 Å². The summed E-state index contributed by atoms with van der Waals surface area (Å²) in [7, 11) is 3.09. The van der Waals surface area contributed by atoms with E-state index in [-0.39, 0.29) is 29.4 Å². The molecule has 2 N–H and O–H groups in total. The van der Waals surface area contributed by atoms with Crippen molar-refractivity contribution in [3.8, 4) is 17.2 Å². The number of anilines is 2. The Morgan fingerprint density at radius 3 is 2.26 bits per heavy atom. The highest BCUT2D eigenvalue weighted by molar-refractivity contribution is 6.02. The van der Waals surface area contributed by atoms with Crippen molar-refractivity contribution < 1.29 is 18.7 Å². The predicted octanol–water partition coefficient (Wildman–Crippen LogP) is 5.92. The molecule has 0 aliphatic carbocycles. The summed E-state index contributed by atoms with van der Waals surface area (Å²) in [6.07, 6.45) is 0. The highest BCUT2D eigenvalue weighted by Gasteiger charge is 2.24. The number of amides is 1. The van der Waals surface area contributed by atoms with Gasteiger partial charge in [-0.3, -0.25) is 14.2 Å². The Balaban J connectivity index is 1.78. The van der Waals surface area contributed by atoms with Crippen molar-refractivity contribution in [1.29, 1.82) is 0 Å². The Labute approximate surface area is 220 Å². The average Bonchev–Trinajstić information content (AvgIpc) is 2.89. The molecule has 0 fully saturated rings. The molecule has 1 aromatic heterocycles. The molecule has 3 aromatic carbocycles. The molecule has 0 saturated heterocycles. The van der Waals surface area contributed by atoms with E-state index in [4.69, 9.17) is 9.47 Å². The summed E-state index contributed by atoms with van der Waals surface area (Å²) in [6.45, 7) is 5.84. The third-order valence-electron chi connectivity index (χ3n) is 6.17. The lowest BCUT2D eigenvalue weighted by molar-refractivity contribution is 0.0948. The number of rotatable bonds is 8. The van der Waals surface area contributed by atoms with Crippen LogP contribution in [0.1, 0.15) is 32.6 Å². The van der Waals surface area contributed by atoms with Crippen LogP contribution in [0.25, 0.3) is 0 Å². The lowest BCUT2D eigenvalue weighted by atomic mass is 10.1. The van der Waals surface area contributed by atoms with E-state index in [9.17, 15) is 14.0 Å². The normalized spacial score (nSPS) is 10.7. The number of hydrogen-bond acceptors (Lipinski definition) is 5. The standard InChI is InChI=1S/C30H30FN3O4/c1-18-7-13-25(20(3)14-18)38-26-16-27(35)34(4)29(33-24-12-6-19(2)15-23(24)31)28(26)30(36)32-17-21-8-10-22(37-5)11-9-21/h6-16,33H,17H2,1-5H3,(H,32,36). The first-order chi connectivity index (χ1) is 18.2. The maximum absolute atomic E-state index is 14.8. The molecule has 0 atom stereocenters. The average molecular weight is 516 g/mol. The second-order valence-corrected chi connectivity index (χ2v) is 9.14. The second kappa shape index (κ2) is 11.2. The van der Waals surface area contributed by atoms with Gasteiger partial charge in [-0.15, -0.1) is 0 Å². The van der Waals surface area contributed by atoms with Crippen molar-refractivity contribution in [3.05, 3.63) is 111 Å². The number of benzene rings is 3. The smallest absolute Gasteiger partial charge is 0.259 e. The fourth-order valence-corrected chi connectivity index (χ4v) is 4.02. The van der Waals surface area contributed by atoms with E-state index >= 15 is 0 Å². The van der Waals surface area contributed by atoms with Gasteiger partial charge in [-0.25, -0.2) is 4.39 Å². The van der Waals surface area contributed by atoms with E-state index < -0.39 is 17.3 Å². The van der Waals surface area contributed by atoms with Crippen LogP contribution in [0.3, 0.4) is 0 Å². The SMILES string of the molecule is COc1ccc(CNC(=O)c2c(Oc3ccc(C)cc3C)cc(=O)n(C)c2Nc2ccc(C)cc2F)cc1. The molecule has 0 radical (unpaired) electrons. The third-order valence-corrected chi connectivity index (χ3v) is 6.17. The second-order valence-electron chi connectivity index (χ2n) is 9.14. The van der Waals surface area contributed by atoms with Crippen molar-refractivity contribution >= 4 is 17.4 Å². The van der Waals surface area contributed by atoms with Gasteiger partial charge in [-0.1, -0.05) is 35.9 Å². The Morgan fingerprint density at radius 2 is 1.61 bits per heavy atom. The molecule has 0 unspecified atom stereocenters. The van der Waals surface area contributed by atoms with Gasteiger partial charge in [0, 0.05) is 19.7 Å². The van der Waals surface area contributed by atoms with E-state index in [0.29, 0.717) is 11.5 Å². The van der Waals surface area contributed by atoms with Crippen LogP contribution >= 0.6 is 0 Å². The van der Waals surface area contributed by atoms with Crippen LogP contribution < -0.4 is 25.7 Å². The number of hydrogen-bond donors (Lipinski definition) is 2. The molecule has 0 aliphatic rings. The topological polar surface area (TPSA) is 81.6 Å². The molecule has 196 valence electrons. The van der Waals surface area contributed by atoms with Crippen molar-refractivity contribution in [2.45, 2.75) is 27.3 Å². The van der Waals surface area contributed by atoms with Crippen LogP contribution in [0.5, 0.6) is 17.2 Å². The molecule has 4 aromatic rings. The fourth-order valence-electron chi connectivity index (χ4n) is 4.02. The fraction of sp³-hybridized carbons (Fsp3) is 0.200. The summed E-state index contributed by atoms with van der Waals surface area (Å²) >= 11 is 0. The van der Waals surface area contributed by atoms with Gasteiger partial charge in [0.2, 0.25) is 0 Å². The summed E-state index contributed by atoms with van der Waals surface area (Å²) in [5.41, 5.74) is 3.25. The minimum absolute atomic E-state index is 0.0577. The molecule has 4 rings (SSSR count). The number of carbonyl (C=O) groups is 1. The van der Waals surface area contributed by atoms with Crippen LogP contribution in [0.4, 0.5) is 15.9 Å². The van der Waals surface area contributed by atoms with Crippen molar-refractivity contribution in [2.75, 3.05) is 12.4 Å². The van der Waals surface area contributed by atoms with Gasteiger partial charge in [0.05, 0.1) is 12.8 Å². The molecule has 38 heavy (non-hydrogen) atoms. The van der Waals surface area contributed by atoms with E-state index in [0.717, 1.165) is 22.3 Å². The quantitative estimate of drug-likeness (QED) is 0.304. The first-order valence-electron chi connectivity index (χ1n) is 12.1. The molecule has 0 spiro atoms. The van der Waals surface area contributed by atoms with Crippen LogP contribution in [-0.4, -0.2) is 17.6 Å². The monoisotopic (exact) mass is 515 g/mol. The van der Waals surface area contributed by atoms with E-state index in [1.165, 1.54) is 23.7 Å². The lowest BCUT2D eigenvalue weighted by Crippen LogP contribution is -2.29. The summed E-state index contributed by atoms with van der Waals surface area (Å²) < 4.78 is 27.4. The van der Waals surface area contributed by atoms with Crippen molar-refractivity contribution in [1.82, 2.24) is 9.88 Å². The molecule has 8 heteroatoms. The van der Waals surface area contributed by atoms with Gasteiger partial charge < -0.3 is 20.1 Å². The maximum atomic E-state index is 14.8. The van der Waals surface area contributed by atoms with E-state index in [2.05, 4.69) is 10.6 Å². The molecule has 1 heterocycles. The maximum Gasteiger partial charge on any atom is 0.259 e. The number of halogens is 1. The molecule has 0 saturated carbocycles. The summed E-state index contributed by atoms with van der Waals surface area (Å²) in [4.78, 5) is 26.6. The molecule has 0 bridgehead atoms. The molecular formula is C30H30FN3O4. The summed E-state index contributed by atoms with van der Waals surface area (Å²) in [5, 5.41) is 5.84. The zero-order chi connectivity index (χ0) is 27.4. The van der Waals surface area contributed by atoms with Crippen LogP contribution in [0.15, 0.2) is 71.5 Å². The van der Waals surface area contributed by atoms with Crippen LogP contribution in [0, 0.1) is 26.6 Å². The van der Waals surface area contributed by atoms with Gasteiger partial charge in [-0.2, -0.15) is 0 Å². The summed E-state index contributed by atoms with van der Waals surface area (Å²) in [5.74, 6) is 0.359. The Morgan fingerprint density at radius 1 is 0.921 bits per heavy atom. The first kappa shape index (κ1) is 26.5. The predicted molar refractivity (Wildman–Crippen MR) is 146 cm³/mol. The first-order valence-corrected chi connectivity index (χ1v) is 12.1. The Bertz CT molecular complexity index is 1540. The van der Waals surface area contributed by atoms with Gasteiger partial charge in [0.1, 0.15) is 34.4 Å². The van der Waals surface area contributed by atoms with E-state index in [1.54, 1.807) is 44.4 Å². The molecule has 0 aliphatic heterocycles. The minimum Gasteiger partial charge on any atom is -0.497 e. The van der Waals surface area contributed by atoms with Crippen molar-refractivity contribution in [2.24, 2.45) is 7.05 Å². The van der Waals surface area contributed by atoms with Crippen LogP contribution in [0.2, 0.25) is 0 Å².